The molecule has 2 heterocycles. The number of sulfone groups is 1. The molecule has 0 spiro atoms. The molecule has 2 amide bonds. The van der Waals surface area contributed by atoms with E-state index in [4.69, 9.17) is 0 Å². The minimum Gasteiger partial charge on any atom is -0.367 e. The van der Waals surface area contributed by atoms with Gasteiger partial charge in [-0.25, -0.2) is 8.42 Å². The van der Waals surface area contributed by atoms with Gasteiger partial charge in [0.1, 0.15) is 6.04 Å². The summed E-state index contributed by atoms with van der Waals surface area (Å²) in [5.41, 5.74) is 3.62. The van der Waals surface area contributed by atoms with Gasteiger partial charge in [0.2, 0.25) is 5.91 Å². The number of nitrogens with one attached hydrogen (secondary N) is 2. The fourth-order valence-corrected chi connectivity index (χ4v) is 5.87. The van der Waals surface area contributed by atoms with E-state index in [1.165, 1.54) is 6.26 Å². The lowest BCUT2D eigenvalue weighted by Gasteiger charge is -2.38. The second-order valence-corrected chi connectivity index (χ2v) is 11.6. The molecule has 3 aromatic carbocycles. The van der Waals surface area contributed by atoms with Crippen LogP contribution in [0.3, 0.4) is 0 Å². The van der Waals surface area contributed by atoms with Crippen molar-refractivity contribution >= 4 is 38.2 Å². The first-order valence-corrected chi connectivity index (χ1v) is 14.4. The van der Waals surface area contributed by atoms with Crippen LogP contribution in [0.15, 0.2) is 83.9 Å². The van der Waals surface area contributed by atoms with Gasteiger partial charge in [-0.1, -0.05) is 42.5 Å². The fraction of sp³-hybridized carbons (Fsp3) is 0.241. The van der Waals surface area contributed by atoms with E-state index in [1.807, 2.05) is 60.5 Å². The van der Waals surface area contributed by atoms with Crippen LogP contribution in [0.4, 0.5) is 5.69 Å². The van der Waals surface area contributed by atoms with E-state index in [-0.39, 0.29) is 16.7 Å². The van der Waals surface area contributed by atoms with Gasteiger partial charge in [0.15, 0.2) is 9.84 Å². The Morgan fingerprint density at radius 2 is 1.63 bits per heavy atom. The highest BCUT2D eigenvalue weighted by Gasteiger charge is 2.32. The number of fused-ring (bicyclic) bond motifs is 1. The number of rotatable bonds is 6. The number of nitrogens with zero attached hydrogens (tertiary/aromatic N) is 2. The van der Waals surface area contributed by atoms with Crippen molar-refractivity contribution in [1.82, 2.24) is 15.2 Å². The van der Waals surface area contributed by atoms with Crippen LogP contribution in [-0.4, -0.2) is 62.6 Å². The predicted molar refractivity (Wildman–Crippen MR) is 148 cm³/mol. The molecule has 38 heavy (non-hydrogen) atoms. The number of benzene rings is 3. The second kappa shape index (κ2) is 10.3. The molecule has 1 aromatic heterocycles. The van der Waals surface area contributed by atoms with Crippen LogP contribution in [0.2, 0.25) is 0 Å². The van der Waals surface area contributed by atoms with Gasteiger partial charge in [-0.05, 0) is 53.8 Å². The monoisotopic (exact) mass is 530 g/mol. The number of aromatic amines is 1. The second-order valence-electron chi connectivity index (χ2n) is 9.59. The SMILES string of the molecule is Cc1ccccc1C(NC(=O)c1ccc2cc[nH]c2c1)C(=O)N1CCN(c2ccccc2S(C)(=O)=O)CC1. The zero-order chi connectivity index (χ0) is 26.9. The van der Waals surface area contributed by atoms with Crippen LogP contribution in [-0.2, 0) is 14.6 Å². The maximum Gasteiger partial charge on any atom is 0.252 e. The molecule has 1 fully saturated rings. The Hall–Kier alpha value is -4.11. The summed E-state index contributed by atoms with van der Waals surface area (Å²) in [7, 11) is -3.39. The minimum absolute atomic E-state index is 0.190. The van der Waals surface area contributed by atoms with E-state index in [2.05, 4.69) is 10.3 Å². The summed E-state index contributed by atoms with van der Waals surface area (Å²) in [6, 6.07) is 21.0. The summed E-state index contributed by atoms with van der Waals surface area (Å²) < 4.78 is 24.6. The van der Waals surface area contributed by atoms with Gasteiger partial charge in [-0.2, -0.15) is 0 Å². The van der Waals surface area contributed by atoms with Crippen LogP contribution in [0.5, 0.6) is 0 Å². The first-order valence-electron chi connectivity index (χ1n) is 12.5. The summed E-state index contributed by atoms with van der Waals surface area (Å²) in [4.78, 5) is 34.3. The molecule has 1 atom stereocenters. The molecule has 0 bridgehead atoms. The maximum atomic E-state index is 13.8. The van der Waals surface area contributed by atoms with Gasteiger partial charge in [0, 0.05) is 49.7 Å². The molecule has 5 rings (SSSR count). The summed E-state index contributed by atoms with van der Waals surface area (Å²) in [5, 5.41) is 3.98. The first kappa shape index (κ1) is 25.5. The van der Waals surface area contributed by atoms with E-state index < -0.39 is 15.9 Å². The number of anilines is 1. The molecule has 8 nitrogen and oxygen atoms in total. The molecule has 0 aliphatic carbocycles. The lowest BCUT2D eigenvalue weighted by Crippen LogP contribution is -2.52. The first-order chi connectivity index (χ1) is 18.2. The third-order valence-electron chi connectivity index (χ3n) is 7.04. The zero-order valence-electron chi connectivity index (χ0n) is 21.3. The molecule has 1 saturated heterocycles. The van der Waals surface area contributed by atoms with Crippen LogP contribution in [0, 0.1) is 6.92 Å². The van der Waals surface area contributed by atoms with Crippen LogP contribution in [0.1, 0.15) is 27.5 Å². The fourth-order valence-electron chi connectivity index (χ4n) is 4.97. The van der Waals surface area contributed by atoms with Crippen molar-refractivity contribution in [3.63, 3.8) is 0 Å². The Bertz CT molecular complexity index is 1600. The van der Waals surface area contributed by atoms with Gasteiger partial charge >= 0.3 is 0 Å². The quantitative estimate of drug-likeness (QED) is 0.396. The van der Waals surface area contributed by atoms with Crippen molar-refractivity contribution in [3.8, 4) is 0 Å². The van der Waals surface area contributed by atoms with Crippen LogP contribution >= 0.6 is 0 Å². The molecule has 4 aromatic rings. The third-order valence-corrected chi connectivity index (χ3v) is 8.18. The molecule has 196 valence electrons. The number of hydrogen-bond donors (Lipinski definition) is 2. The van der Waals surface area contributed by atoms with Crippen molar-refractivity contribution in [3.05, 3.63) is 95.7 Å². The lowest BCUT2D eigenvalue weighted by atomic mass is 9.99. The number of hydrogen-bond acceptors (Lipinski definition) is 5. The number of piperazine rings is 1. The molecule has 0 saturated carbocycles. The van der Waals surface area contributed by atoms with Crippen molar-refractivity contribution in [1.29, 1.82) is 0 Å². The smallest absolute Gasteiger partial charge is 0.252 e. The van der Waals surface area contributed by atoms with Gasteiger partial charge in [0.25, 0.3) is 5.91 Å². The molecular formula is C29H30N4O4S. The summed E-state index contributed by atoms with van der Waals surface area (Å²) in [6.07, 6.45) is 3.02. The summed E-state index contributed by atoms with van der Waals surface area (Å²) in [5.74, 6) is -0.520. The molecule has 1 aliphatic heterocycles. The highest BCUT2D eigenvalue weighted by Crippen LogP contribution is 2.27. The molecule has 2 N–H and O–H groups in total. The molecule has 1 aliphatic rings. The Kier molecular flexibility index (Phi) is 6.94. The topological polar surface area (TPSA) is 103 Å². The van der Waals surface area contributed by atoms with Gasteiger partial charge in [0.05, 0.1) is 10.6 Å². The minimum atomic E-state index is -3.39. The van der Waals surface area contributed by atoms with E-state index in [1.54, 1.807) is 35.2 Å². The Morgan fingerprint density at radius 3 is 2.37 bits per heavy atom. The van der Waals surface area contributed by atoms with Crippen molar-refractivity contribution in [2.24, 2.45) is 0 Å². The molecule has 0 radical (unpaired) electrons. The Labute approximate surface area is 222 Å². The summed E-state index contributed by atoms with van der Waals surface area (Å²) in [6.45, 7) is 3.70. The number of carbonyl (C=O) groups excluding carboxylic acids is 2. The number of para-hydroxylation sites is 1. The van der Waals surface area contributed by atoms with E-state index in [9.17, 15) is 18.0 Å². The molecule has 1 unspecified atom stereocenters. The van der Waals surface area contributed by atoms with Crippen molar-refractivity contribution in [2.45, 2.75) is 17.9 Å². The van der Waals surface area contributed by atoms with Crippen molar-refractivity contribution in [2.75, 3.05) is 37.3 Å². The number of carbonyl (C=O) groups is 2. The standard InChI is InChI=1S/C29H30N4O4S/c1-20-7-3-4-8-23(20)27(31-28(34)22-12-11-21-13-14-30-24(21)19-22)29(35)33-17-15-32(16-18-33)25-9-5-6-10-26(25)38(2,36)37/h3-14,19,27,30H,15-18H2,1-2H3,(H,31,34). The third kappa shape index (κ3) is 5.15. The summed E-state index contributed by atoms with van der Waals surface area (Å²) >= 11 is 0. The normalized spacial score (nSPS) is 14.9. The highest BCUT2D eigenvalue weighted by molar-refractivity contribution is 7.90. The number of aryl methyl sites for hydroxylation is 1. The van der Waals surface area contributed by atoms with E-state index in [0.717, 1.165) is 22.0 Å². The van der Waals surface area contributed by atoms with Crippen LogP contribution in [0.25, 0.3) is 10.9 Å². The number of amides is 2. The molecular weight excluding hydrogens is 500 g/mol. The zero-order valence-corrected chi connectivity index (χ0v) is 22.2. The average Bonchev–Trinajstić information content (AvgIpc) is 3.39. The van der Waals surface area contributed by atoms with Crippen molar-refractivity contribution < 1.29 is 18.0 Å². The Morgan fingerprint density at radius 1 is 0.921 bits per heavy atom. The highest BCUT2D eigenvalue weighted by atomic mass is 32.2. The maximum absolute atomic E-state index is 13.8. The average molecular weight is 531 g/mol. The van der Waals surface area contributed by atoms with Gasteiger partial charge in [-0.3, -0.25) is 9.59 Å². The number of aromatic nitrogens is 1. The lowest BCUT2D eigenvalue weighted by molar-refractivity contribution is -0.133. The van der Waals surface area contributed by atoms with Gasteiger partial charge < -0.3 is 20.1 Å². The number of H-pyrrole nitrogens is 1. The van der Waals surface area contributed by atoms with E-state index in [0.29, 0.717) is 37.4 Å². The largest absolute Gasteiger partial charge is 0.367 e. The molecule has 9 heteroatoms. The van der Waals surface area contributed by atoms with Crippen LogP contribution < -0.4 is 10.2 Å². The Balaban J connectivity index is 1.37. The van der Waals surface area contributed by atoms with E-state index >= 15 is 0 Å². The van der Waals surface area contributed by atoms with Gasteiger partial charge in [-0.15, -0.1) is 0 Å². The predicted octanol–water partition coefficient (Wildman–Crippen LogP) is 3.70.